The Morgan fingerprint density at radius 2 is 0.551 bits per heavy atom. The van der Waals surface area contributed by atoms with Crippen molar-refractivity contribution in [2.24, 2.45) is 0 Å². The van der Waals surface area contributed by atoms with Crippen LogP contribution in [0.25, 0.3) is 0 Å². The van der Waals surface area contributed by atoms with Gasteiger partial charge in [0.2, 0.25) is 0 Å². The van der Waals surface area contributed by atoms with Crippen molar-refractivity contribution >= 4 is 6.85 Å². The van der Waals surface area contributed by atoms with Crippen molar-refractivity contribution in [3.63, 3.8) is 0 Å². The standard InChI is InChI=1S/C67H126BN/c1-4-7-10-13-16-19-22-25-28-31-34-37-40-43-46-49-52-55-58-62-67-63-61-65-68(64-59-56-53-50-47-44-41-38-35-32-29-26-23-20-17-14-11-8-5-2)69(67)66-60-57-54-51-48-45-42-39-36-33-30-27-24-21-18-15-12-9-6-3/h58-66H,4-57H2,1-3H3/b62-58+,64-59+,66-60+. The van der Waals surface area contributed by atoms with Crippen LogP contribution in [0.15, 0.2) is 60.3 Å². The fraction of sp³-hybridized carbons (Fsp3) is 0.851. The van der Waals surface area contributed by atoms with Gasteiger partial charge in [0.05, 0.1) is 0 Å². The molecule has 0 aliphatic carbocycles. The van der Waals surface area contributed by atoms with Crippen molar-refractivity contribution < 1.29 is 0 Å². The summed E-state index contributed by atoms with van der Waals surface area (Å²) in [6, 6.07) is 0. The van der Waals surface area contributed by atoms with Gasteiger partial charge in [0, 0.05) is 5.70 Å². The molecular formula is C67H126BN. The first-order valence-corrected chi connectivity index (χ1v) is 32.5. The van der Waals surface area contributed by atoms with Crippen LogP contribution in [0.2, 0.25) is 0 Å². The fourth-order valence-electron chi connectivity index (χ4n) is 10.7. The highest BCUT2D eigenvalue weighted by molar-refractivity contribution is 6.67. The molecule has 0 N–H and O–H groups in total. The SMILES string of the molecule is CCCCCCCCCCCCCCCCCCC/C=C/B1C=CC=C(/C=C/CCCCCCCCCCCCCCCCCCC)N1/C=C/CCCCCCCCCCCCCCCCCCC. The molecule has 0 saturated carbocycles. The largest absolute Gasteiger partial charge is 0.384 e. The zero-order valence-electron chi connectivity index (χ0n) is 47.9. The van der Waals surface area contributed by atoms with E-state index in [2.05, 4.69) is 80.2 Å². The summed E-state index contributed by atoms with van der Waals surface area (Å²) < 4.78 is 0. The molecule has 0 aromatic heterocycles. The predicted molar refractivity (Wildman–Crippen MR) is 319 cm³/mol. The summed E-state index contributed by atoms with van der Waals surface area (Å²) in [6.45, 7) is 7.27. The smallest absolute Gasteiger partial charge is 0.312 e. The van der Waals surface area contributed by atoms with Crippen LogP contribution in [0.3, 0.4) is 0 Å². The van der Waals surface area contributed by atoms with Crippen molar-refractivity contribution in [2.75, 3.05) is 0 Å². The van der Waals surface area contributed by atoms with E-state index in [9.17, 15) is 0 Å². The molecule has 0 aromatic rings. The van der Waals surface area contributed by atoms with Crippen LogP contribution in [0.1, 0.15) is 367 Å². The number of hydrogen-bond acceptors (Lipinski definition) is 1. The molecule has 402 valence electrons. The van der Waals surface area contributed by atoms with Gasteiger partial charge in [-0.05, 0) is 56.9 Å². The Bertz CT molecular complexity index is 1130. The lowest BCUT2D eigenvalue weighted by atomic mass is 9.58. The van der Waals surface area contributed by atoms with E-state index in [0.717, 1.165) is 0 Å². The van der Waals surface area contributed by atoms with Gasteiger partial charge in [-0.15, -0.1) is 0 Å². The number of rotatable bonds is 57. The summed E-state index contributed by atoms with van der Waals surface area (Å²) in [5, 5.41) is 0. The number of unbranched alkanes of at least 4 members (excludes halogenated alkanes) is 51. The molecule has 1 aliphatic heterocycles. The minimum absolute atomic E-state index is 0.326. The Hall–Kier alpha value is -1.44. The van der Waals surface area contributed by atoms with Crippen molar-refractivity contribution in [2.45, 2.75) is 367 Å². The molecule has 1 heterocycles. The maximum absolute atomic E-state index is 2.55. The van der Waals surface area contributed by atoms with E-state index in [-0.39, 0.29) is 0 Å². The van der Waals surface area contributed by atoms with Crippen molar-refractivity contribution in [1.29, 1.82) is 0 Å². The maximum Gasteiger partial charge on any atom is 0.312 e. The van der Waals surface area contributed by atoms with Gasteiger partial charge in [0.15, 0.2) is 0 Å². The third-order valence-electron chi connectivity index (χ3n) is 15.5. The Morgan fingerprint density at radius 3 is 0.841 bits per heavy atom. The minimum atomic E-state index is 0.326. The molecule has 0 spiro atoms. The van der Waals surface area contributed by atoms with Gasteiger partial charge in [0.25, 0.3) is 0 Å². The highest BCUT2D eigenvalue weighted by atomic mass is 15.0. The van der Waals surface area contributed by atoms with Gasteiger partial charge >= 0.3 is 6.85 Å². The molecule has 2 heteroatoms. The van der Waals surface area contributed by atoms with Gasteiger partial charge in [-0.1, -0.05) is 365 Å². The van der Waals surface area contributed by atoms with Gasteiger partial charge < -0.3 is 4.81 Å². The summed E-state index contributed by atoms with van der Waals surface area (Å²) in [4.78, 5) is 2.55. The lowest BCUT2D eigenvalue weighted by Crippen LogP contribution is -2.33. The second kappa shape index (κ2) is 57.5. The van der Waals surface area contributed by atoms with E-state index in [0.29, 0.717) is 6.85 Å². The van der Waals surface area contributed by atoms with E-state index in [1.807, 2.05) is 0 Å². The summed E-state index contributed by atoms with van der Waals surface area (Å²) in [6.07, 6.45) is 93.9. The predicted octanol–water partition coefficient (Wildman–Crippen LogP) is 24.6. The highest BCUT2D eigenvalue weighted by Gasteiger charge is 2.19. The maximum atomic E-state index is 2.55. The third kappa shape index (κ3) is 48.6. The van der Waals surface area contributed by atoms with Crippen LogP contribution >= 0.6 is 0 Å². The quantitative estimate of drug-likeness (QED) is 0.0434. The average Bonchev–Trinajstić information content (AvgIpc) is 3.36. The van der Waals surface area contributed by atoms with Gasteiger partial charge in [0.1, 0.15) is 0 Å². The first-order valence-electron chi connectivity index (χ1n) is 32.5. The summed E-state index contributed by atoms with van der Waals surface area (Å²) >= 11 is 0. The first kappa shape index (κ1) is 65.6. The molecule has 1 nitrogen and oxygen atoms in total. The fourth-order valence-corrected chi connectivity index (χ4v) is 10.7. The minimum Gasteiger partial charge on any atom is -0.384 e. The Kier molecular flexibility index (Phi) is 54.6. The van der Waals surface area contributed by atoms with Crippen LogP contribution in [-0.2, 0) is 0 Å². The first-order chi connectivity index (χ1) is 34.3. The molecule has 0 fully saturated rings. The molecular weight excluding hydrogens is 830 g/mol. The molecule has 0 bridgehead atoms. The molecule has 1 rings (SSSR count). The summed E-state index contributed by atoms with van der Waals surface area (Å²) in [7, 11) is 0. The van der Waals surface area contributed by atoms with Crippen LogP contribution in [0.5, 0.6) is 0 Å². The van der Waals surface area contributed by atoms with E-state index in [4.69, 9.17) is 0 Å². The molecule has 0 amide bonds. The van der Waals surface area contributed by atoms with Gasteiger partial charge in [-0.2, -0.15) is 0 Å². The van der Waals surface area contributed by atoms with E-state index in [1.165, 1.54) is 352 Å². The Morgan fingerprint density at radius 1 is 0.304 bits per heavy atom. The van der Waals surface area contributed by atoms with E-state index in [1.54, 1.807) is 0 Å². The van der Waals surface area contributed by atoms with Crippen molar-refractivity contribution in [1.82, 2.24) is 4.81 Å². The van der Waals surface area contributed by atoms with Crippen LogP contribution in [0, 0.1) is 0 Å². The Balaban J connectivity index is 2.32. The van der Waals surface area contributed by atoms with Gasteiger partial charge in [-0.3, -0.25) is 0 Å². The van der Waals surface area contributed by atoms with Crippen molar-refractivity contribution in [3.8, 4) is 0 Å². The zero-order valence-corrected chi connectivity index (χ0v) is 47.9. The molecule has 0 atom stereocenters. The molecule has 0 saturated heterocycles. The van der Waals surface area contributed by atoms with Crippen molar-refractivity contribution in [3.05, 3.63) is 60.3 Å². The number of hydrogen-bond donors (Lipinski definition) is 0. The zero-order chi connectivity index (χ0) is 49.3. The second-order valence-electron chi connectivity index (χ2n) is 22.4. The van der Waals surface area contributed by atoms with Crippen LogP contribution < -0.4 is 0 Å². The topological polar surface area (TPSA) is 3.24 Å². The lowest BCUT2D eigenvalue weighted by Gasteiger charge is -2.28. The normalized spacial score (nSPS) is 13.2. The Labute approximate surface area is 437 Å². The van der Waals surface area contributed by atoms with Gasteiger partial charge in [-0.25, -0.2) is 0 Å². The van der Waals surface area contributed by atoms with Crippen LogP contribution in [0.4, 0.5) is 0 Å². The highest BCUT2D eigenvalue weighted by Crippen LogP contribution is 2.21. The van der Waals surface area contributed by atoms with E-state index < -0.39 is 0 Å². The molecule has 0 unspecified atom stereocenters. The lowest BCUT2D eigenvalue weighted by molar-refractivity contribution is 0.527. The molecule has 0 aromatic carbocycles. The van der Waals surface area contributed by atoms with Crippen LogP contribution in [-0.4, -0.2) is 11.7 Å². The number of nitrogens with zero attached hydrogens (tertiary/aromatic N) is 1. The average molecular weight is 957 g/mol. The molecule has 1 aliphatic rings. The monoisotopic (exact) mass is 956 g/mol. The van der Waals surface area contributed by atoms with E-state index >= 15 is 0 Å². The second-order valence-corrected chi connectivity index (χ2v) is 22.4. The molecule has 69 heavy (non-hydrogen) atoms. The third-order valence-corrected chi connectivity index (χ3v) is 15.5. The number of allylic oxidation sites excluding steroid dienone is 6. The summed E-state index contributed by atoms with van der Waals surface area (Å²) in [5.74, 6) is 4.89. The molecule has 0 radical (unpaired) electrons. The summed E-state index contributed by atoms with van der Waals surface area (Å²) in [5.41, 5.74) is 1.36.